The van der Waals surface area contributed by atoms with Gasteiger partial charge in [-0.3, -0.25) is 4.79 Å². The summed E-state index contributed by atoms with van der Waals surface area (Å²) in [5.41, 5.74) is -0.860. The summed E-state index contributed by atoms with van der Waals surface area (Å²) in [6, 6.07) is 12.4. The van der Waals surface area contributed by atoms with E-state index in [1.165, 1.54) is 6.20 Å². The number of pyridine rings is 1. The van der Waals surface area contributed by atoms with Gasteiger partial charge in [0.25, 0.3) is 5.91 Å². The van der Waals surface area contributed by atoms with Crippen LogP contribution in [-0.4, -0.2) is 27.5 Å². The Balaban J connectivity index is 1.69. The standard InChI is InChI=1S/C19H20N2O4/c22-17(21-19(18(23)24)11-5-2-6-12-19)14-9-10-16(20-13-14)25-15-7-3-1-4-8-15/h1,3-4,7-10,13H,2,5-6,11-12H2,(H,21,22)(H,23,24). The molecule has 0 saturated heterocycles. The van der Waals surface area contributed by atoms with Gasteiger partial charge in [0.05, 0.1) is 5.56 Å². The smallest absolute Gasteiger partial charge is 0.329 e. The van der Waals surface area contributed by atoms with Gasteiger partial charge in [0, 0.05) is 12.3 Å². The summed E-state index contributed by atoms with van der Waals surface area (Å²) in [5.74, 6) is -0.381. The summed E-state index contributed by atoms with van der Waals surface area (Å²) in [6.07, 6.45) is 4.90. The number of carboxylic acid groups (broad SMARTS) is 1. The van der Waals surface area contributed by atoms with Crippen molar-refractivity contribution in [1.82, 2.24) is 10.3 Å². The lowest BCUT2D eigenvalue weighted by Gasteiger charge is -2.33. The van der Waals surface area contributed by atoms with Crippen molar-refractivity contribution in [2.24, 2.45) is 0 Å². The Bertz CT molecular complexity index is 738. The van der Waals surface area contributed by atoms with Crippen LogP contribution in [0.3, 0.4) is 0 Å². The van der Waals surface area contributed by atoms with E-state index in [4.69, 9.17) is 4.74 Å². The Kier molecular flexibility index (Phi) is 4.97. The van der Waals surface area contributed by atoms with E-state index in [-0.39, 0.29) is 0 Å². The van der Waals surface area contributed by atoms with Crippen LogP contribution in [0, 0.1) is 0 Å². The molecule has 1 aliphatic rings. The molecule has 0 radical (unpaired) electrons. The predicted octanol–water partition coefficient (Wildman–Crippen LogP) is 3.39. The molecule has 0 bridgehead atoms. The average Bonchev–Trinajstić information content (AvgIpc) is 2.64. The zero-order valence-corrected chi connectivity index (χ0v) is 13.8. The summed E-state index contributed by atoms with van der Waals surface area (Å²) in [4.78, 5) is 28.2. The topological polar surface area (TPSA) is 88.5 Å². The van der Waals surface area contributed by atoms with E-state index >= 15 is 0 Å². The van der Waals surface area contributed by atoms with Crippen molar-refractivity contribution < 1.29 is 19.4 Å². The first-order chi connectivity index (χ1) is 12.1. The van der Waals surface area contributed by atoms with Gasteiger partial charge >= 0.3 is 5.97 Å². The van der Waals surface area contributed by atoms with Crippen LogP contribution in [0.2, 0.25) is 0 Å². The van der Waals surface area contributed by atoms with Gasteiger partial charge in [0.1, 0.15) is 11.3 Å². The Morgan fingerprint density at radius 3 is 2.36 bits per heavy atom. The number of rotatable bonds is 5. The highest BCUT2D eigenvalue weighted by molar-refractivity contribution is 5.97. The molecule has 0 aliphatic heterocycles. The molecule has 6 heteroatoms. The molecule has 1 saturated carbocycles. The van der Waals surface area contributed by atoms with E-state index in [2.05, 4.69) is 10.3 Å². The number of benzene rings is 1. The molecule has 1 amide bonds. The fraction of sp³-hybridized carbons (Fsp3) is 0.316. The third kappa shape index (κ3) is 3.96. The predicted molar refractivity (Wildman–Crippen MR) is 91.7 cm³/mol. The average molecular weight is 340 g/mol. The summed E-state index contributed by atoms with van der Waals surface area (Å²) in [7, 11) is 0. The second kappa shape index (κ2) is 7.34. The first-order valence-corrected chi connectivity index (χ1v) is 8.34. The Morgan fingerprint density at radius 2 is 1.76 bits per heavy atom. The van der Waals surface area contributed by atoms with Crippen LogP contribution in [0.4, 0.5) is 0 Å². The fourth-order valence-electron chi connectivity index (χ4n) is 3.02. The second-order valence-corrected chi connectivity index (χ2v) is 6.20. The number of hydrogen-bond donors (Lipinski definition) is 2. The number of para-hydroxylation sites is 1. The summed E-state index contributed by atoms with van der Waals surface area (Å²) in [6.45, 7) is 0. The lowest BCUT2D eigenvalue weighted by Crippen LogP contribution is -2.55. The number of carbonyl (C=O) groups excluding carboxylic acids is 1. The van der Waals surface area contributed by atoms with Crippen LogP contribution in [0.25, 0.3) is 0 Å². The molecule has 1 aromatic carbocycles. The maximum absolute atomic E-state index is 12.4. The van der Waals surface area contributed by atoms with E-state index in [1.54, 1.807) is 12.1 Å². The van der Waals surface area contributed by atoms with E-state index in [0.717, 1.165) is 19.3 Å². The Labute approximate surface area is 145 Å². The second-order valence-electron chi connectivity index (χ2n) is 6.20. The number of aromatic nitrogens is 1. The van der Waals surface area contributed by atoms with Gasteiger partial charge in [-0.05, 0) is 31.0 Å². The molecular weight excluding hydrogens is 320 g/mol. The molecule has 6 nitrogen and oxygen atoms in total. The van der Waals surface area contributed by atoms with Gasteiger partial charge in [-0.15, -0.1) is 0 Å². The summed E-state index contributed by atoms with van der Waals surface area (Å²) >= 11 is 0. The third-order valence-electron chi connectivity index (χ3n) is 4.43. The molecule has 1 aliphatic carbocycles. The van der Waals surface area contributed by atoms with Gasteiger partial charge in [-0.25, -0.2) is 9.78 Å². The van der Waals surface area contributed by atoms with Crippen molar-refractivity contribution in [3.8, 4) is 11.6 Å². The Hall–Kier alpha value is -2.89. The van der Waals surface area contributed by atoms with E-state index in [1.807, 2.05) is 30.3 Å². The monoisotopic (exact) mass is 340 g/mol. The number of amides is 1. The van der Waals surface area contributed by atoms with Crippen LogP contribution in [-0.2, 0) is 4.79 Å². The van der Waals surface area contributed by atoms with Crippen LogP contribution >= 0.6 is 0 Å². The van der Waals surface area contributed by atoms with Crippen molar-refractivity contribution >= 4 is 11.9 Å². The molecule has 0 unspecified atom stereocenters. The van der Waals surface area contributed by atoms with Gasteiger partial charge in [0.15, 0.2) is 0 Å². The zero-order valence-electron chi connectivity index (χ0n) is 13.8. The van der Waals surface area contributed by atoms with Crippen LogP contribution in [0.15, 0.2) is 48.7 Å². The largest absolute Gasteiger partial charge is 0.480 e. The number of carbonyl (C=O) groups is 2. The molecule has 2 aromatic rings. The lowest BCUT2D eigenvalue weighted by atomic mass is 9.81. The number of hydrogen-bond acceptors (Lipinski definition) is 4. The summed E-state index contributed by atoms with van der Waals surface area (Å²) < 4.78 is 5.58. The minimum atomic E-state index is -1.17. The third-order valence-corrected chi connectivity index (χ3v) is 4.43. The lowest BCUT2D eigenvalue weighted by molar-refractivity contribution is -0.145. The normalized spacial score (nSPS) is 16.0. The van der Waals surface area contributed by atoms with Crippen molar-refractivity contribution in [3.63, 3.8) is 0 Å². The molecule has 2 N–H and O–H groups in total. The number of carboxylic acids is 1. The molecule has 3 rings (SSSR count). The van der Waals surface area contributed by atoms with Crippen molar-refractivity contribution in [1.29, 1.82) is 0 Å². The van der Waals surface area contributed by atoms with Gasteiger partial charge in [0.2, 0.25) is 5.88 Å². The van der Waals surface area contributed by atoms with Gasteiger partial charge < -0.3 is 15.2 Å². The highest BCUT2D eigenvalue weighted by atomic mass is 16.5. The fourth-order valence-corrected chi connectivity index (χ4v) is 3.02. The van der Waals surface area contributed by atoms with Gasteiger partial charge in [-0.1, -0.05) is 37.5 Å². The van der Waals surface area contributed by atoms with Crippen LogP contribution in [0.5, 0.6) is 11.6 Å². The quantitative estimate of drug-likeness (QED) is 0.871. The van der Waals surface area contributed by atoms with E-state index < -0.39 is 17.4 Å². The molecule has 1 aromatic heterocycles. The number of nitrogens with one attached hydrogen (secondary N) is 1. The number of aliphatic carboxylic acids is 1. The molecular formula is C19H20N2O4. The highest BCUT2D eigenvalue weighted by Crippen LogP contribution is 2.29. The van der Waals surface area contributed by atoms with E-state index in [0.29, 0.717) is 30.0 Å². The first-order valence-electron chi connectivity index (χ1n) is 8.34. The molecule has 0 atom stereocenters. The molecule has 25 heavy (non-hydrogen) atoms. The minimum absolute atomic E-state index is 0.312. The Morgan fingerprint density at radius 1 is 1.04 bits per heavy atom. The van der Waals surface area contributed by atoms with Crippen molar-refractivity contribution in [2.75, 3.05) is 0 Å². The summed E-state index contributed by atoms with van der Waals surface area (Å²) in [5, 5.41) is 12.2. The first kappa shape index (κ1) is 17.0. The van der Waals surface area contributed by atoms with Crippen LogP contribution < -0.4 is 10.1 Å². The van der Waals surface area contributed by atoms with Crippen molar-refractivity contribution in [3.05, 3.63) is 54.2 Å². The van der Waals surface area contributed by atoms with Crippen LogP contribution in [0.1, 0.15) is 42.5 Å². The van der Waals surface area contributed by atoms with E-state index in [9.17, 15) is 14.7 Å². The maximum atomic E-state index is 12.4. The number of ether oxygens (including phenoxy) is 1. The molecule has 130 valence electrons. The SMILES string of the molecule is O=C(NC1(C(=O)O)CCCCC1)c1ccc(Oc2ccccc2)nc1. The highest BCUT2D eigenvalue weighted by Gasteiger charge is 2.41. The molecule has 1 fully saturated rings. The minimum Gasteiger partial charge on any atom is -0.480 e. The maximum Gasteiger partial charge on any atom is 0.329 e. The number of nitrogens with zero attached hydrogens (tertiary/aromatic N) is 1. The molecule has 1 heterocycles. The zero-order chi connectivity index (χ0) is 17.7. The molecule has 0 spiro atoms. The van der Waals surface area contributed by atoms with Gasteiger partial charge in [-0.2, -0.15) is 0 Å². The van der Waals surface area contributed by atoms with Crippen molar-refractivity contribution in [2.45, 2.75) is 37.6 Å².